The second-order valence-corrected chi connectivity index (χ2v) is 4.56. The van der Waals surface area contributed by atoms with Gasteiger partial charge in [-0.15, -0.1) is 5.10 Å². The van der Waals surface area contributed by atoms with Gasteiger partial charge in [-0.2, -0.15) is 9.94 Å². The molecule has 7 heteroatoms. The number of aromatic hydroxyl groups is 1. The molecular weight excluding hydrogens is 250 g/mol. The average molecular weight is 261 g/mol. The highest BCUT2D eigenvalue weighted by molar-refractivity contribution is 7.99. The summed E-state index contributed by atoms with van der Waals surface area (Å²) in [5.41, 5.74) is 0.792. The van der Waals surface area contributed by atoms with E-state index >= 15 is 0 Å². The van der Waals surface area contributed by atoms with Gasteiger partial charge in [0.15, 0.2) is 0 Å². The summed E-state index contributed by atoms with van der Waals surface area (Å²) in [4.78, 5) is 0. The van der Waals surface area contributed by atoms with Crippen molar-refractivity contribution in [3.63, 3.8) is 0 Å². The maximum absolute atomic E-state index is 9.23. The normalized spacial score (nSPS) is 10.2. The molecule has 6 nitrogen and oxygen atoms in total. The number of benzene rings is 1. The molecule has 2 rings (SSSR count). The Morgan fingerprint density at radius 1 is 1.33 bits per heavy atom. The molecule has 0 spiro atoms. The maximum Gasteiger partial charge on any atom is 0.214 e. The minimum Gasteiger partial charge on any atom is -0.508 e. The molecule has 0 aliphatic carbocycles. The van der Waals surface area contributed by atoms with E-state index in [1.165, 1.54) is 11.8 Å². The highest BCUT2D eigenvalue weighted by atomic mass is 32.2. The first-order chi connectivity index (χ1) is 8.81. The number of thioether (sulfide) groups is 1. The molecule has 2 aromatic rings. The van der Waals surface area contributed by atoms with Crippen LogP contribution in [0, 0.1) is 11.3 Å². The largest absolute Gasteiger partial charge is 0.508 e. The molecule has 0 saturated heterocycles. The van der Waals surface area contributed by atoms with Crippen molar-refractivity contribution in [2.45, 2.75) is 18.0 Å². The van der Waals surface area contributed by atoms with Crippen LogP contribution < -0.4 is 0 Å². The van der Waals surface area contributed by atoms with Crippen LogP contribution in [0.25, 0.3) is 5.69 Å². The number of unbranched alkanes of at least 4 members (excludes halogenated alkanes) is 1. The lowest BCUT2D eigenvalue weighted by atomic mass is 10.3. The van der Waals surface area contributed by atoms with Gasteiger partial charge in [0.05, 0.1) is 11.8 Å². The highest BCUT2D eigenvalue weighted by Crippen LogP contribution is 2.20. The van der Waals surface area contributed by atoms with Crippen molar-refractivity contribution in [3.05, 3.63) is 24.3 Å². The molecule has 0 radical (unpaired) electrons. The molecule has 1 heterocycles. The molecule has 1 N–H and O–H groups in total. The number of aromatic nitrogens is 4. The van der Waals surface area contributed by atoms with Crippen molar-refractivity contribution in [1.29, 1.82) is 5.26 Å². The quantitative estimate of drug-likeness (QED) is 0.651. The molecule has 1 aromatic carbocycles. The molecule has 0 amide bonds. The van der Waals surface area contributed by atoms with Gasteiger partial charge in [-0.1, -0.05) is 11.8 Å². The Balaban J connectivity index is 2.08. The molecule has 0 saturated carbocycles. The highest BCUT2D eigenvalue weighted by Gasteiger charge is 2.08. The first kappa shape index (κ1) is 12.4. The summed E-state index contributed by atoms with van der Waals surface area (Å²) in [7, 11) is 0. The zero-order valence-corrected chi connectivity index (χ0v) is 10.3. The van der Waals surface area contributed by atoms with Gasteiger partial charge in [0, 0.05) is 12.2 Å². The van der Waals surface area contributed by atoms with Crippen molar-refractivity contribution >= 4 is 11.8 Å². The summed E-state index contributed by atoms with van der Waals surface area (Å²) in [6.07, 6.45) is 1.34. The summed E-state index contributed by atoms with van der Waals surface area (Å²) in [6, 6.07) is 8.75. The molecule has 0 aliphatic rings. The molecule has 0 atom stereocenters. The Bertz CT molecular complexity index is 545. The second kappa shape index (κ2) is 6.02. The fourth-order valence-corrected chi connectivity index (χ4v) is 2.17. The molecule has 0 bridgehead atoms. The van der Waals surface area contributed by atoms with E-state index in [1.54, 1.807) is 28.9 Å². The fraction of sp³-hybridized carbons (Fsp3) is 0.273. The zero-order chi connectivity index (χ0) is 12.8. The van der Waals surface area contributed by atoms with E-state index in [1.807, 2.05) is 0 Å². The van der Waals surface area contributed by atoms with Crippen molar-refractivity contribution < 1.29 is 5.11 Å². The summed E-state index contributed by atoms with van der Waals surface area (Å²) < 4.78 is 1.61. The van der Waals surface area contributed by atoms with E-state index in [0.29, 0.717) is 11.6 Å². The maximum atomic E-state index is 9.23. The third-order valence-electron chi connectivity index (χ3n) is 2.20. The molecule has 18 heavy (non-hydrogen) atoms. The van der Waals surface area contributed by atoms with Gasteiger partial charge >= 0.3 is 0 Å². The Morgan fingerprint density at radius 3 is 2.83 bits per heavy atom. The topological polar surface area (TPSA) is 87.6 Å². The van der Waals surface area contributed by atoms with E-state index < -0.39 is 0 Å². The first-order valence-corrected chi connectivity index (χ1v) is 6.37. The van der Waals surface area contributed by atoms with Gasteiger partial charge < -0.3 is 5.11 Å². The van der Waals surface area contributed by atoms with Crippen molar-refractivity contribution in [1.82, 2.24) is 20.2 Å². The molecule has 92 valence electrons. The van der Waals surface area contributed by atoms with E-state index in [-0.39, 0.29) is 5.75 Å². The molecule has 0 fully saturated rings. The minimum absolute atomic E-state index is 0.204. The predicted molar refractivity (Wildman–Crippen MR) is 66.4 cm³/mol. The monoisotopic (exact) mass is 261 g/mol. The molecular formula is C11H11N5OS. The van der Waals surface area contributed by atoms with Crippen LogP contribution in [-0.4, -0.2) is 31.1 Å². The van der Waals surface area contributed by atoms with Crippen molar-refractivity contribution in [2.24, 2.45) is 0 Å². The van der Waals surface area contributed by atoms with Crippen molar-refractivity contribution in [2.75, 3.05) is 5.75 Å². The van der Waals surface area contributed by atoms with Gasteiger partial charge in [0.2, 0.25) is 5.16 Å². The zero-order valence-electron chi connectivity index (χ0n) is 9.52. The lowest BCUT2D eigenvalue weighted by Crippen LogP contribution is -1.98. The van der Waals surface area contributed by atoms with Gasteiger partial charge in [-0.25, -0.2) is 0 Å². The Hall–Kier alpha value is -2.07. The van der Waals surface area contributed by atoms with Crippen LogP contribution in [0.5, 0.6) is 5.75 Å². The standard InChI is InChI=1S/C11H11N5OS/c12-7-1-2-8-18-11-13-14-15-16(11)9-3-5-10(17)6-4-9/h3-6,17H,1-2,8H2. The number of nitriles is 1. The van der Waals surface area contributed by atoms with Gasteiger partial charge in [-0.3, -0.25) is 0 Å². The third-order valence-corrected chi connectivity index (χ3v) is 3.20. The van der Waals surface area contributed by atoms with E-state index in [2.05, 4.69) is 21.6 Å². The Labute approximate surface area is 108 Å². The predicted octanol–water partition coefficient (Wildman–Crippen LogP) is 1.76. The van der Waals surface area contributed by atoms with Crippen LogP contribution >= 0.6 is 11.8 Å². The van der Waals surface area contributed by atoms with Crippen LogP contribution in [-0.2, 0) is 0 Å². The van der Waals surface area contributed by atoms with Crippen LogP contribution in [0.4, 0.5) is 0 Å². The summed E-state index contributed by atoms with van der Waals surface area (Å²) in [6.45, 7) is 0. The van der Waals surface area contributed by atoms with E-state index in [0.717, 1.165) is 17.9 Å². The summed E-state index contributed by atoms with van der Waals surface area (Å²) >= 11 is 1.51. The SMILES string of the molecule is N#CCCCSc1nnnn1-c1ccc(O)cc1. The minimum atomic E-state index is 0.204. The lowest BCUT2D eigenvalue weighted by molar-refractivity contribution is 0.475. The number of tetrazole rings is 1. The number of hydrogen-bond acceptors (Lipinski definition) is 6. The fourth-order valence-electron chi connectivity index (χ4n) is 1.34. The lowest BCUT2D eigenvalue weighted by Gasteiger charge is -2.03. The first-order valence-electron chi connectivity index (χ1n) is 5.39. The van der Waals surface area contributed by atoms with Crippen LogP contribution in [0.3, 0.4) is 0 Å². The van der Waals surface area contributed by atoms with Gasteiger partial charge in [-0.05, 0) is 41.1 Å². The van der Waals surface area contributed by atoms with Crippen LogP contribution in [0.2, 0.25) is 0 Å². The average Bonchev–Trinajstić information content (AvgIpc) is 2.84. The summed E-state index contributed by atoms with van der Waals surface area (Å²) in [5, 5.41) is 29.8. The number of phenolic OH excluding ortho intramolecular Hbond substituents is 1. The van der Waals surface area contributed by atoms with E-state index in [4.69, 9.17) is 5.26 Å². The third kappa shape index (κ3) is 2.99. The second-order valence-electron chi connectivity index (χ2n) is 3.50. The molecule has 1 aromatic heterocycles. The van der Waals surface area contributed by atoms with Gasteiger partial charge in [0.25, 0.3) is 0 Å². The number of phenols is 1. The molecule has 0 aliphatic heterocycles. The van der Waals surface area contributed by atoms with Gasteiger partial charge in [0.1, 0.15) is 5.75 Å². The number of rotatable bonds is 5. The Morgan fingerprint density at radius 2 is 2.11 bits per heavy atom. The van der Waals surface area contributed by atoms with Crippen LogP contribution in [0.1, 0.15) is 12.8 Å². The van der Waals surface area contributed by atoms with Crippen molar-refractivity contribution in [3.8, 4) is 17.5 Å². The number of hydrogen-bond donors (Lipinski definition) is 1. The Kier molecular flexibility index (Phi) is 4.15. The molecule has 0 unspecified atom stereocenters. The van der Waals surface area contributed by atoms with E-state index in [9.17, 15) is 5.11 Å². The number of nitrogens with zero attached hydrogens (tertiary/aromatic N) is 5. The summed E-state index contributed by atoms with van der Waals surface area (Å²) in [5.74, 6) is 1.00. The van der Waals surface area contributed by atoms with Crippen LogP contribution in [0.15, 0.2) is 29.4 Å². The smallest absolute Gasteiger partial charge is 0.214 e.